The average Bonchev–Trinajstić information content (AvgIpc) is 3.06. The Bertz CT molecular complexity index is 830. The highest BCUT2D eigenvalue weighted by atomic mass is 79.9. The van der Waals surface area contributed by atoms with E-state index in [2.05, 4.69) is 37.3 Å². The third-order valence-corrected chi connectivity index (χ3v) is 4.89. The Hall–Kier alpha value is -2.05. The Balaban J connectivity index is 1.50. The molecule has 2 N–H and O–H groups in total. The predicted molar refractivity (Wildman–Crippen MR) is 108 cm³/mol. The van der Waals surface area contributed by atoms with Gasteiger partial charge in [0.05, 0.1) is 24.8 Å². The van der Waals surface area contributed by atoms with Crippen molar-refractivity contribution in [1.82, 2.24) is 15.3 Å². The Morgan fingerprint density at radius 1 is 1.19 bits per heavy atom. The van der Waals surface area contributed by atoms with Gasteiger partial charge in [0.1, 0.15) is 5.82 Å². The second-order valence-electron chi connectivity index (χ2n) is 6.01. The maximum absolute atomic E-state index is 5.59. The van der Waals surface area contributed by atoms with Gasteiger partial charge in [0, 0.05) is 17.4 Å². The predicted octanol–water partition coefficient (Wildman–Crippen LogP) is 4.46. The molecule has 0 atom stereocenters. The number of fused-ring (bicyclic) bond motifs is 1. The van der Waals surface area contributed by atoms with Crippen molar-refractivity contribution in [1.29, 1.82) is 0 Å². The number of nitrogens with zero attached hydrogens (tertiary/aromatic N) is 1. The molecule has 0 spiro atoms. The normalized spacial score (nSPS) is 11.0. The molecule has 26 heavy (non-hydrogen) atoms. The number of aryl methyl sites for hydroxylation is 1. The number of hydrogen-bond acceptors (Lipinski definition) is 4. The monoisotopic (exact) mass is 417 g/mol. The number of para-hydroxylation sites is 2. The van der Waals surface area contributed by atoms with Crippen molar-refractivity contribution in [3.8, 4) is 11.5 Å². The number of aromatic nitrogens is 2. The van der Waals surface area contributed by atoms with E-state index >= 15 is 0 Å². The van der Waals surface area contributed by atoms with Gasteiger partial charge in [-0.3, -0.25) is 0 Å². The molecule has 0 radical (unpaired) electrons. The first-order valence-corrected chi connectivity index (χ1v) is 9.64. The number of ether oxygens (including phenoxy) is 2. The summed E-state index contributed by atoms with van der Waals surface area (Å²) in [6.45, 7) is 4.26. The third kappa shape index (κ3) is 4.56. The zero-order valence-corrected chi connectivity index (χ0v) is 16.7. The number of imidazole rings is 1. The fourth-order valence-corrected chi connectivity index (χ4v) is 3.33. The summed E-state index contributed by atoms with van der Waals surface area (Å²) in [5.74, 6) is 2.56. The Morgan fingerprint density at radius 2 is 2.04 bits per heavy atom. The molecule has 0 saturated heterocycles. The van der Waals surface area contributed by atoms with Crippen LogP contribution in [0.1, 0.15) is 24.7 Å². The lowest BCUT2D eigenvalue weighted by molar-refractivity contribution is 0.310. The Kier molecular flexibility index (Phi) is 6.52. The van der Waals surface area contributed by atoms with E-state index in [0.29, 0.717) is 6.61 Å². The lowest BCUT2D eigenvalue weighted by Gasteiger charge is -2.13. The number of hydrogen-bond donors (Lipinski definition) is 2. The lowest BCUT2D eigenvalue weighted by Crippen LogP contribution is -2.16. The van der Waals surface area contributed by atoms with E-state index in [1.165, 1.54) is 0 Å². The third-order valence-electron chi connectivity index (χ3n) is 4.15. The molecule has 2 aromatic carbocycles. The molecule has 0 saturated carbocycles. The van der Waals surface area contributed by atoms with Crippen molar-refractivity contribution in [2.45, 2.75) is 26.3 Å². The van der Waals surface area contributed by atoms with E-state index < -0.39 is 0 Å². The minimum absolute atomic E-state index is 0.613. The molecule has 1 heterocycles. The molecule has 0 fully saturated rings. The Labute approximate surface area is 162 Å². The van der Waals surface area contributed by atoms with E-state index in [1.807, 2.05) is 37.3 Å². The first-order chi connectivity index (χ1) is 12.7. The number of methoxy groups -OCH3 is 1. The van der Waals surface area contributed by atoms with Crippen LogP contribution in [0, 0.1) is 0 Å². The molecular weight excluding hydrogens is 394 g/mol. The number of nitrogens with one attached hydrogen (secondary N) is 2. The van der Waals surface area contributed by atoms with Crippen molar-refractivity contribution in [2.75, 3.05) is 20.3 Å². The van der Waals surface area contributed by atoms with Crippen LogP contribution >= 0.6 is 15.9 Å². The van der Waals surface area contributed by atoms with Gasteiger partial charge in [-0.05, 0) is 49.7 Å². The average molecular weight is 418 g/mol. The molecule has 1 aromatic heterocycles. The van der Waals surface area contributed by atoms with E-state index in [4.69, 9.17) is 9.47 Å². The quantitative estimate of drug-likeness (QED) is 0.504. The van der Waals surface area contributed by atoms with Gasteiger partial charge in [0.25, 0.3) is 0 Å². The highest BCUT2D eigenvalue weighted by Crippen LogP contribution is 2.33. The molecule has 0 aliphatic heterocycles. The van der Waals surface area contributed by atoms with Crippen molar-refractivity contribution in [2.24, 2.45) is 0 Å². The summed E-state index contributed by atoms with van der Waals surface area (Å²) in [4.78, 5) is 7.98. The molecular formula is C20H24BrN3O2. The van der Waals surface area contributed by atoms with E-state index in [9.17, 15) is 0 Å². The van der Waals surface area contributed by atoms with Crippen LogP contribution in [-0.4, -0.2) is 30.2 Å². The van der Waals surface area contributed by atoms with Crippen LogP contribution in [-0.2, 0) is 13.0 Å². The highest BCUT2D eigenvalue weighted by Gasteiger charge is 2.10. The molecule has 138 valence electrons. The summed E-state index contributed by atoms with van der Waals surface area (Å²) < 4.78 is 12.0. The zero-order valence-electron chi connectivity index (χ0n) is 15.1. The van der Waals surface area contributed by atoms with E-state index in [-0.39, 0.29) is 0 Å². The van der Waals surface area contributed by atoms with E-state index in [0.717, 1.165) is 64.3 Å². The standard InChI is InChI=1S/C20H24BrN3O2/c1-3-26-19-12-15(21)14(11-18(19)25-2)13-22-10-6-9-20-23-16-7-4-5-8-17(16)24-20/h4-5,7-8,11-12,22H,3,6,9-10,13H2,1-2H3,(H,23,24). The number of rotatable bonds is 9. The second-order valence-corrected chi connectivity index (χ2v) is 6.86. The Morgan fingerprint density at radius 3 is 2.81 bits per heavy atom. The molecule has 3 aromatic rings. The van der Waals surface area contributed by atoms with Crippen LogP contribution in [0.25, 0.3) is 11.0 Å². The van der Waals surface area contributed by atoms with Crippen molar-refractivity contribution in [3.05, 3.63) is 52.3 Å². The minimum Gasteiger partial charge on any atom is -0.493 e. The summed E-state index contributed by atoms with van der Waals surface area (Å²) >= 11 is 3.62. The van der Waals surface area contributed by atoms with Gasteiger partial charge in [-0.2, -0.15) is 0 Å². The van der Waals surface area contributed by atoms with Crippen molar-refractivity contribution >= 4 is 27.0 Å². The van der Waals surface area contributed by atoms with Gasteiger partial charge in [0.15, 0.2) is 11.5 Å². The second kappa shape index (κ2) is 9.05. The van der Waals surface area contributed by atoms with E-state index in [1.54, 1.807) is 7.11 Å². The number of halogens is 1. The van der Waals surface area contributed by atoms with Crippen LogP contribution in [0.2, 0.25) is 0 Å². The molecule has 5 nitrogen and oxygen atoms in total. The molecule has 6 heteroatoms. The molecule has 0 amide bonds. The number of benzene rings is 2. The first kappa shape index (κ1) is 18.7. The van der Waals surface area contributed by atoms with Crippen LogP contribution in [0.5, 0.6) is 11.5 Å². The van der Waals surface area contributed by atoms with Gasteiger partial charge in [-0.25, -0.2) is 4.98 Å². The van der Waals surface area contributed by atoms with Gasteiger partial charge in [-0.1, -0.05) is 28.1 Å². The summed E-state index contributed by atoms with van der Waals surface area (Å²) in [5.41, 5.74) is 3.27. The SMILES string of the molecule is CCOc1cc(Br)c(CNCCCc2nc3ccccc3[nH]2)cc1OC. The van der Waals surface area contributed by atoms with Crippen LogP contribution < -0.4 is 14.8 Å². The highest BCUT2D eigenvalue weighted by molar-refractivity contribution is 9.10. The van der Waals surface area contributed by atoms with Gasteiger partial charge >= 0.3 is 0 Å². The zero-order chi connectivity index (χ0) is 18.4. The summed E-state index contributed by atoms with van der Waals surface area (Å²) in [6.07, 6.45) is 1.95. The molecule has 3 rings (SSSR count). The maximum atomic E-state index is 5.59. The van der Waals surface area contributed by atoms with Crippen LogP contribution in [0.4, 0.5) is 0 Å². The maximum Gasteiger partial charge on any atom is 0.162 e. The molecule has 0 aliphatic carbocycles. The van der Waals surface area contributed by atoms with Crippen molar-refractivity contribution in [3.63, 3.8) is 0 Å². The molecule has 0 unspecified atom stereocenters. The number of H-pyrrole nitrogens is 1. The smallest absolute Gasteiger partial charge is 0.162 e. The van der Waals surface area contributed by atoms with Crippen LogP contribution in [0.3, 0.4) is 0 Å². The molecule has 0 bridgehead atoms. The van der Waals surface area contributed by atoms with Gasteiger partial charge < -0.3 is 19.8 Å². The van der Waals surface area contributed by atoms with Crippen LogP contribution in [0.15, 0.2) is 40.9 Å². The topological polar surface area (TPSA) is 59.2 Å². The lowest BCUT2D eigenvalue weighted by atomic mass is 10.2. The molecule has 0 aliphatic rings. The first-order valence-electron chi connectivity index (χ1n) is 8.84. The number of aromatic amines is 1. The minimum atomic E-state index is 0.613. The summed E-state index contributed by atoms with van der Waals surface area (Å²) in [5, 5.41) is 3.48. The largest absolute Gasteiger partial charge is 0.493 e. The van der Waals surface area contributed by atoms with Gasteiger partial charge in [0.2, 0.25) is 0 Å². The summed E-state index contributed by atoms with van der Waals surface area (Å²) in [6, 6.07) is 12.1. The van der Waals surface area contributed by atoms with Crippen molar-refractivity contribution < 1.29 is 9.47 Å². The fourth-order valence-electron chi connectivity index (χ4n) is 2.87. The fraction of sp³-hybridized carbons (Fsp3) is 0.350. The summed E-state index contributed by atoms with van der Waals surface area (Å²) in [7, 11) is 1.66. The van der Waals surface area contributed by atoms with Gasteiger partial charge in [-0.15, -0.1) is 0 Å².